The normalized spacial score (nSPS) is 12.2. The van der Waals surface area contributed by atoms with Gasteiger partial charge in [0.25, 0.3) is 5.91 Å². The molecule has 154 valence electrons. The number of ether oxygens (including phenoxy) is 2. The summed E-state index contributed by atoms with van der Waals surface area (Å²) in [6.07, 6.45) is 0. The molecule has 2 N–H and O–H groups in total. The zero-order chi connectivity index (χ0) is 20.8. The molecule has 1 aliphatic rings. The largest absolute Gasteiger partial charge is 0.486 e. The van der Waals surface area contributed by atoms with E-state index in [1.807, 2.05) is 19.9 Å². The number of halogens is 1. The maximum atomic E-state index is 12.7. The van der Waals surface area contributed by atoms with Crippen LogP contribution in [-0.2, 0) is 4.79 Å². The van der Waals surface area contributed by atoms with E-state index in [0.717, 1.165) is 0 Å². The average molecular weight is 418 g/mol. The number of nitrogens with zero attached hydrogens (tertiary/aromatic N) is 1. The summed E-state index contributed by atoms with van der Waals surface area (Å²) in [7, 11) is 0. The van der Waals surface area contributed by atoms with E-state index in [2.05, 4.69) is 10.6 Å². The van der Waals surface area contributed by atoms with E-state index < -0.39 is 0 Å². The SMILES string of the molecule is CCN(CC)C(=O)c1ccccc1NCC(=O)Nc1cc2c(cc1Cl)OCCO2. The number of rotatable bonds is 7. The lowest BCUT2D eigenvalue weighted by Gasteiger charge is -2.21. The zero-order valence-corrected chi connectivity index (χ0v) is 17.2. The first-order valence-electron chi connectivity index (χ1n) is 9.54. The van der Waals surface area contributed by atoms with Gasteiger partial charge in [0, 0.05) is 30.9 Å². The van der Waals surface area contributed by atoms with Gasteiger partial charge in [0.15, 0.2) is 11.5 Å². The summed E-state index contributed by atoms with van der Waals surface area (Å²) in [6, 6.07) is 10.4. The van der Waals surface area contributed by atoms with Crippen molar-refractivity contribution in [2.45, 2.75) is 13.8 Å². The molecule has 0 bridgehead atoms. The summed E-state index contributed by atoms with van der Waals surface area (Å²) < 4.78 is 11.0. The second kappa shape index (κ2) is 9.52. The van der Waals surface area contributed by atoms with Crippen molar-refractivity contribution in [3.8, 4) is 11.5 Å². The number of fused-ring (bicyclic) bond motifs is 1. The highest BCUT2D eigenvalue weighted by atomic mass is 35.5. The van der Waals surface area contributed by atoms with Crippen LogP contribution in [0.1, 0.15) is 24.2 Å². The summed E-state index contributed by atoms with van der Waals surface area (Å²) >= 11 is 6.24. The predicted molar refractivity (Wildman–Crippen MR) is 113 cm³/mol. The van der Waals surface area contributed by atoms with E-state index in [1.54, 1.807) is 35.2 Å². The van der Waals surface area contributed by atoms with Crippen LogP contribution >= 0.6 is 11.6 Å². The van der Waals surface area contributed by atoms with Gasteiger partial charge in [0.05, 0.1) is 22.8 Å². The number of carbonyl (C=O) groups excluding carboxylic acids is 2. The fraction of sp³-hybridized carbons (Fsp3) is 0.333. The van der Waals surface area contributed by atoms with Crippen LogP contribution in [0.3, 0.4) is 0 Å². The van der Waals surface area contributed by atoms with E-state index in [0.29, 0.717) is 59.8 Å². The predicted octanol–water partition coefficient (Wildman–Crippen LogP) is 3.64. The number of nitrogens with one attached hydrogen (secondary N) is 2. The van der Waals surface area contributed by atoms with Crippen LogP contribution in [-0.4, -0.2) is 49.6 Å². The topological polar surface area (TPSA) is 79.9 Å². The molecule has 2 amide bonds. The Kier molecular flexibility index (Phi) is 6.82. The third-order valence-electron chi connectivity index (χ3n) is 4.55. The summed E-state index contributed by atoms with van der Waals surface area (Å²) in [5.41, 5.74) is 1.57. The molecule has 29 heavy (non-hydrogen) atoms. The van der Waals surface area contributed by atoms with Gasteiger partial charge in [-0.2, -0.15) is 0 Å². The average Bonchev–Trinajstić information content (AvgIpc) is 2.74. The smallest absolute Gasteiger partial charge is 0.255 e. The molecule has 2 aromatic carbocycles. The lowest BCUT2D eigenvalue weighted by Crippen LogP contribution is -2.31. The number of hydrogen-bond donors (Lipinski definition) is 2. The minimum Gasteiger partial charge on any atom is -0.486 e. The maximum absolute atomic E-state index is 12.7. The third-order valence-corrected chi connectivity index (χ3v) is 4.87. The molecule has 8 heteroatoms. The van der Waals surface area contributed by atoms with Gasteiger partial charge < -0.3 is 25.0 Å². The van der Waals surface area contributed by atoms with Crippen molar-refractivity contribution in [2.24, 2.45) is 0 Å². The zero-order valence-electron chi connectivity index (χ0n) is 16.5. The molecule has 0 atom stereocenters. The molecule has 1 aliphatic heterocycles. The van der Waals surface area contributed by atoms with Gasteiger partial charge >= 0.3 is 0 Å². The van der Waals surface area contributed by atoms with Crippen LogP contribution < -0.4 is 20.1 Å². The Morgan fingerprint density at radius 1 is 1.03 bits per heavy atom. The Bertz CT molecular complexity index is 899. The monoisotopic (exact) mass is 417 g/mol. The summed E-state index contributed by atoms with van der Waals surface area (Å²) in [5.74, 6) is 0.724. The first kappa shape index (κ1) is 20.8. The molecule has 3 rings (SSSR count). The Balaban J connectivity index is 1.67. The molecule has 0 radical (unpaired) electrons. The van der Waals surface area contributed by atoms with E-state index in [-0.39, 0.29) is 18.4 Å². The highest BCUT2D eigenvalue weighted by Gasteiger charge is 2.18. The van der Waals surface area contributed by atoms with Crippen LogP contribution in [0.15, 0.2) is 36.4 Å². The van der Waals surface area contributed by atoms with Gasteiger partial charge in [-0.1, -0.05) is 23.7 Å². The molecular weight excluding hydrogens is 394 g/mol. The molecule has 0 aromatic heterocycles. The van der Waals surface area contributed by atoms with Crippen molar-refractivity contribution in [2.75, 3.05) is 43.5 Å². The summed E-state index contributed by atoms with van der Waals surface area (Å²) in [4.78, 5) is 26.9. The fourth-order valence-corrected chi connectivity index (χ4v) is 3.24. The van der Waals surface area contributed by atoms with Crippen molar-refractivity contribution < 1.29 is 19.1 Å². The molecule has 1 heterocycles. The van der Waals surface area contributed by atoms with Crippen molar-refractivity contribution in [3.05, 3.63) is 47.0 Å². The number of amides is 2. The number of benzene rings is 2. The summed E-state index contributed by atoms with van der Waals surface area (Å²) in [6.45, 7) is 5.99. The maximum Gasteiger partial charge on any atom is 0.255 e. The van der Waals surface area contributed by atoms with Crippen LogP contribution in [0, 0.1) is 0 Å². The van der Waals surface area contributed by atoms with Crippen LogP contribution in [0.4, 0.5) is 11.4 Å². The molecule has 7 nitrogen and oxygen atoms in total. The Morgan fingerprint density at radius 2 is 1.69 bits per heavy atom. The second-order valence-electron chi connectivity index (χ2n) is 6.40. The number of para-hydroxylation sites is 1. The highest BCUT2D eigenvalue weighted by molar-refractivity contribution is 6.34. The second-order valence-corrected chi connectivity index (χ2v) is 6.81. The minimum absolute atomic E-state index is 0.0205. The van der Waals surface area contributed by atoms with Gasteiger partial charge in [0.1, 0.15) is 13.2 Å². The quantitative estimate of drug-likeness (QED) is 0.718. The third kappa shape index (κ3) is 4.92. The molecule has 0 saturated heterocycles. The van der Waals surface area contributed by atoms with Crippen molar-refractivity contribution in [1.82, 2.24) is 4.90 Å². The van der Waals surface area contributed by atoms with Gasteiger partial charge in [-0.25, -0.2) is 0 Å². The van der Waals surface area contributed by atoms with Crippen LogP contribution in [0.25, 0.3) is 0 Å². The number of hydrogen-bond acceptors (Lipinski definition) is 5. The lowest BCUT2D eigenvalue weighted by atomic mass is 10.1. The van der Waals surface area contributed by atoms with Crippen molar-refractivity contribution in [1.29, 1.82) is 0 Å². The first-order valence-corrected chi connectivity index (χ1v) is 9.92. The van der Waals surface area contributed by atoms with E-state index >= 15 is 0 Å². The van der Waals surface area contributed by atoms with Gasteiger partial charge in [-0.15, -0.1) is 0 Å². The highest BCUT2D eigenvalue weighted by Crippen LogP contribution is 2.37. The van der Waals surface area contributed by atoms with Gasteiger partial charge in [0.2, 0.25) is 5.91 Å². The number of anilines is 2. The Hall–Kier alpha value is -2.93. The fourth-order valence-electron chi connectivity index (χ4n) is 3.03. The van der Waals surface area contributed by atoms with Crippen LogP contribution in [0.5, 0.6) is 11.5 Å². The molecular formula is C21H24ClN3O4. The van der Waals surface area contributed by atoms with Crippen molar-refractivity contribution in [3.63, 3.8) is 0 Å². The van der Waals surface area contributed by atoms with Crippen molar-refractivity contribution >= 4 is 34.8 Å². The number of carbonyl (C=O) groups is 2. The molecule has 2 aromatic rings. The lowest BCUT2D eigenvalue weighted by molar-refractivity contribution is -0.114. The molecule has 0 saturated carbocycles. The molecule has 0 fully saturated rings. The Morgan fingerprint density at radius 3 is 2.38 bits per heavy atom. The van der Waals surface area contributed by atoms with E-state index in [1.165, 1.54) is 0 Å². The minimum atomic E-state index is -0.298. The first-order chi connectivity index (χ1) is 14.0. The molecule has 0 aliphatic carbocycles. The summed E-state index contributed by atoms with van der Waals surface area (Å²) in [5, 5.41) is 6.16. The van der Waals surface area contributed by atoms with E-state index in [9.17, 15) is 9.59 Å². The Labute approximate surface area is 174 Å². The molecule has 0 unspecified atom stereocenters. The molecule has 0 spiro atoms. The standard InChI is InChI=1S/C21H24ClN3O4/c1-3-25(4-2)21(27)14-7-5-6-8-16(14)23-13-20(26)24-17-12-19-18(11-15(17)22)28-9-10-29-19/h5-8,11-12,23H,3-4,9-10,13H2,1-2H3,(H,24,26). The van der Waals surface area contributed by atoms with Gasteiger partial charge in [-0.3, -0.25) is 9.59 Å². The van der Waals surface area contributed by atoms with Gasteiger partial charge in [-0.05, 0) is 26.0 Å². The van der Waals surface area contributed by atoms with Crippen LogP contribution in [0.2, 0.25) is 5.02 Å². The van der Waals surface area contributed by atoms with E-state index in [4.69, 9.17) is 21.1 Å².